The summed E-state index contributed by atoms with van der Waals surface area (Å²) in [4.78, 5) is 2.45. The van der Waals surface area contributed by atoms with Gasteiger partial charge in [0.15, 0.2) is 11.5 Å². The zero-order chi connectivity index (χ0) is 13.1. The van der Waals surface area contributed by atoms with Crippen molar-refractivity contribution < 1.29 is 9.47 Å². The van der Waals surface area contributed by atoms with E-state index in [0.29, 0.717) is 19.1 Å². The van der Waals surface area contributed by atoms with E-state index in [-0.39, 0.29) is 0 Å². The molecule has 0 amide bonds. The second-order valence-corrected chi connectivity index (χ2v) is 5.31. The van der Waals surface area contributed by atoms with Gasteiger partial charge in [0.2, 0.25) is 0 Å². The van der Waals surface area contributed by atoms with E-state index in [1.165, 1.54) is 18.4 Å². The summed E-state index contributed by atoms with van der Waals surface area (Å²) in [7, 11) is 0. The van der Waals surface area contributed by atoms with Crippen molar-refractivity contribution in [1.82, 2.24) is 4.90 Å². The number of nitrogens with zero attached hydrogens (tertiary/aromatic N) is 1. The lowest BCUT2D eigenvalue weighted by Crippen LogP contribution is -2.36. The minimum absolute atomic E-state index is 0.643. The SMILES string of the molecule is NCCN1CCC(c2ccc3c(c2)OCCO3)CC1. The van der Waals surface area contributed by atoms with Crippen molar-refractivity contribution in [2.75, 3.05) is 39.4 Å². The molecule has 4 nitrogen and oxygen atoms in total. The third-order valence-electron chi connectivity index (χ3n) is 4.07. The van der Waals surface area contributed by atoms with Crippen molar-refractivity contribution in [2.24, 2.45) is 5.73 Å². The van der Waals surface area contributed by atoms with E-state index >= 15 is 0 Å². The second-order valence-electron chi connectivity index (χ2n) is 5.31. The van der Waals surface area contributed by atoms with Crippen LogP contribution < -0.4 is 15.2 Å². The number of likely N-dealkylation sites (tertiary alicyclic amines) is 1. The number of ether oxygens (including phenoxy) is 2. The molecule has 4 heteroatoms. The van der Waals surface area contributed by atoms with Gasteiger partial charge in [0.05, 0.1) is 0 Å². The van der Waals surface area contributed by atoms with E-state index in [4.69, 9.17) is 15.2 Å². The molecule has 0 spiro atoms. The van der Waals surface area contributed by atoms with Gasteiger partial charge in [0, 0.05) is 13.1 Å². The third-order valence-corrected chi connectivity index (χ3v) is 4.07. The predicted octanol–water partition coefficient (Wildman–Crippen LogP) is 1.60. The Labute approximate surface area is 114 Å². The van der Waals surface area contributed by atoms with Crippen LogP contribution in [0.1, 0.15) is 24.3 Å². The van der Waals surface area contributed by atoms with Crippen molar-refractivity contribution in [3.8, 4) is 11.5 Å². The van der Waals surface area contributed by atoms with Crippen LogP contribution in [0.15, 0.2) is 18.2 Å². The molecule has 2 aliphatic rings. The predicted molar refractivity (Wildman–Crippen MR) is 74.9 cm³/mol. The highest BCUT2D eigenvalue weighted by atomic mass is 16.6. The quantitative estimate of drug-likeness (QED) is 0.899. The van der Waals surface area contributed by atoms with Gasteiger partial charge < -0.3 is 20.1 Å². The first kappa shape index (κ1) is 12.8. The van der Waals surface area contributed by atoms with Crippen LogP contribution in [0.2, 0.25) is 0 Å². The fourth-order valence-electron chi connectivity index (χ4n) is 2.99. The number of benzene rings is 1. The largest absolute Gasteiger partial charge is 0.486 e. The highest BCUT2D eigenvalue weighted by Gasteiger charge is 2.22. The van der Waals surface area contributed by atoms with Gasteiger partial charge in [-0.15, -0.1) is 0 Å². The Kier molecular flexibility index (Phi) is 3.89. The van der Waals surface area contributed by atoms with E-state index in [9.17, 15) is 0 Å². The maximum absolute atomic E-state index is 5.66. The van der Waals surface area contributed by atoms with E-state index in [1.54, 1.807) is 0 Å². The van der Waals surface area contributed by atoms with Crippen molar-refractivity contribution in [3.05, 3.63) is 23.8 Å². The van der Waals surface area contributed by atoms with Gasteiger partial charge in [0.1, 0.15) is 13.2 Å². The average molecular weight is 262 g/mol. The van der Waals surface area contributed by atoms with Gasteiger partial charge in [-0.25, -0.2) is 0 Å². The molecule has 1 saturated heterocycles. The molecule has 2 heterocycles. The van der Waals surface area contributed by atoms with Crippen molar-refractivity contribution >= 4 is 0 Å². The molecule has 2 N–H and O–H groups in total. The molecule has 0 saturated carbocycles. The Hall–Kier alpha value is -1.26. The average Bonchev–Trinajstić information content (AvgIpc) is 2.48. The Bertz CT molecular complexity index is 428. The highest BCUT2D eigenvalue weighted by molar-refractivity contribution is 5.44. The van der Waals surface area contributed by atoms with Crippen LogP contribution in [0, 0.1) is 0 Å². The molecular weight excluding hydrogens is 240 g/mol. The molecule has 0 unspecified atom stereocenters. The first-order chi connectivity index (χ1) is 9.36. The zero-order valence-electron chi connectivity index (χ0n) is 11.3. The van der Waals surface area contributed by atoms with Gasteiger partial charge in [-0.05, 0) is 49.5 Å². The van der Waals surface area contributed by atoms with Gasteiger partial charge in [0.25, 0.3) is 0 Å². The smallest absolute Gasteiger partial charge is 0.161 e. The Morgan fingerprint density at radius 2 is 1.84 bits per heavy atom. The summed E-state index contributed by atoms with van der Waals surface area (Å²) in [5.41, 5.74) is 7.00. The van der Waals surface area contributed by atoms with E-state index in [0.717, 1.165) is 37.7 Å². The lowest BCUT2D eigenvalue weighted by molar-refractivity contribution is 0.171. The molecule has 1 fully saturated rings. The fourth-order valence-corrected chi connectivity index (χ4v) is 2.99. The van der Waals surface area contributed by atoms with Crippen LogP contribution >= 0.6 is 0 Å². The lowest BCUT2D eigenvalue weighted by atomic mass is 9.89. The van der Waals surface area contributed by atoms with Crippen molar-refractivity contribution in [3.63, 3.8) is 0 Å². The van der Waals surface area contributed by atoms with Crippen LogP contribution in [-0.2, 0) is 0 Å². The monoisotopic (exact) mass is 262 g/mol. The van der Waals surface area contributed by atoms with Crippen LogP contribution in [0.4, 0.5) is 0 Å². The molecule has 1 aromatic carbocycles. The number of nitrogens with two attached hydrogens (primary N) is 1. The number of piperidine rings is 1. The molecule has 0 aromatic heterocycles. The Morgan fingerprint density at radius 3 is 2.58 bits per heavy atom. The first-order valence-corrected chi connectivity index (χ1v) is 7.19. The van der Waals surface area contributed by atoms with Crippen molar-refractivity contribution in [1.29, 1.82) is 0 Å². The molecule has 0 radical (unpaired) electrons. The molecule has 19 heavy (non-hydrogen) atoms. The minimum Gasteiger partial charge on any atom is -0.486 e. The number of rotatable bonds is 3. The zero-order valence-corrected chi connectivity index (χ0v) is 11.3. The second kappa shape index (κ2) is 5.80. The highest BCUT2D eigenvalue weighted by Crippen LogP contribution is 2.36. The molecule has 0 atom stereocenters. The van der Waals surface area contributed by atoms with Crippen LogP contribution in [0.25, 0.3) is 0 Å². The molecular formula is C15H22N2O2. The van der Waals surface area contributed by atoms with E-state index in [2.05, 4.69) is 23.1 Å². The number of hydrogen-bond acceptors (Lipinski definition) is 4. The van der Waals surface area contributed by atoms with E-state index in [1.807, 2.05) is 0 Å². The van der Waals surface area contributed by atoms with E-state index < -0.39 is 0 Å². The van der Waals surface area contributed by atoms with Crippen molar-refractivity contribution in [2.45, 2.75) is 18.8 Å². The van der Waals surface area contributed by atoms with Crippen LogP contribution in [-0.4, -0.2) is 44.3 Å². The van der Waals surface area contributed by atoms with Crippen LogP contribution in [0.5, 0.6) is 11.5 Å². The van der Waals surface area contributed by atoms with Gasteiger partial charge in [-0.3, -0.25) is 0 Å². The number of fused-ring (bicyclic) bond motifs is 1. The molecule has 0 bridgehead atoms. The van der Waals surface area contributed by atoms with Gasteiger partial charge in [-0.1, -0.05) is 6.07 Å². The fraction of sp³-hybridized carbons (Fsp3) is 0.600. The topological polar surface area (TPSA) is 47.7 Å². The summed E-state index contributed by atoms with van der Waals surface area (Å²) in [6, 6.07) is 6.41. The standard InChI is InChI=1S/C15H22N2O2/c16-5-8-17-6-3-12(4-7-17)13-1-2-14-15(11-13)19-10-9-18-14/h1-2,11-12H,3-10,16H2. The Balaban J connectivity index is 1.66. The van der Waals surface area contributed by atoms with Gasteiger partial charge in [-0.2, -0.15) is 0 Å². The first-order valence-electron chi connectivity index (χ1n) is 7.19. The van der Waals surface area contributed by atoms with Gasteiger partial charge >= 0.3 is 0 Å². The summed E-state index contributed by atoms with van der Waals surface area (Å²) < 4.78 is 11.2. The maximum Gasteiger partial charge on any atom is 0.161 e. The maximum atomic E-state index is 5.66. The summed E-state index contributed by atoms with van der Waals surface area (Å²) in [5, 5.41) is 0. The third kappa shape index (κ3) is 2.85. The number of hydrogen-bond donors (Lipinski definition) is 1. The van der Waals surface area contributed by atoms with Crippen LogP contribution in [0.3, 0.4) is 0 Å². The summed E-state index contributed by atoms with van der Waals surface area (Å²) >= 11 is 0. The normalized spacial score (nSPS) is 20.5. The minimum atomic E-state index is 0.643. The molecule has 2 aliphatic heterocycles. The summed E-state index contributed by atoms with van der Waals surface area (Å²) in [6.45, 7) is 5.39. The summed E-state index contributed by atoms with van der Waals surface area (Å²) in [6.07, 6.45) is 2.42. The summed E-state index contributed by atoms with van der Waals surface area (Å²) in [5.74, 6) is 2.44. The Morgan fingerprint density at radius 1 is 1.11 bits per heavy atom. The molecule has 104 valence electrons. The molecule has 0 aliphatic carbocycles. The molecule has 1 aromatic rings. The molecule has 3 rings (SSSR count). The lowest BCUT2D eigenvalue weighted by Gasteiger charge is -2.32.